The van der Waals surface area contributed by atoms with Crippen molar-refractivity contribution in [1.82, 2.24) is 4.98 Å². The van der Waals surface area contributed by atoms with Crippen LogP contribution >= 0.6 is 11.3 Å². The summed E-state index contributed by atoms with van der Waals surface area (Å²) in [5.74, 6) is -0.641. The molecule has 1 aromatic heterocycles. The molecule has 0 unspecified atom stereocenters. The molecule has 2 heterocycles. The highest BCUT2D eigenvalue weighted by atomic mass is 32.2. The predicted octanol–water partition coefficient (Wildman–Crippen LogP) is 2.76. The van der Waals surface area contributed by atoms with Gasteiger partial charge in [0, 0.05) is 12.0 Å². The van der Waals surface area contributed by atoms with Gasteiger partial charge in [-0.2, -0.15) is 4.39 Å². The van der Waals surface area contributed by atoms with E-state index in [9.17, 15) is 17.6 Å². The summed E-state index contributed by atoms with van der Waals surface area (Å²) in [6, 6.07) is 5.96. The molecular formula is C19H20FN3O5S2. The summed E-state index contributed by atoms with van der Waals surface area (Å²) in [7, 11) is -3.37. The number of nitrogens with one attached hydrogen (secondary N) is 1. The third-order valence-corrected chi connectivity index (χ3v) is 8.02. The molecule has 0 spiro atoms. The van der Waals surface area contributed by atoms with Gasteiger partial charge in [-0.15, -0.1) is 0 Å². The fourth-order valence-corrected chi connectivity index (χ4v) is 5.49. The number of hydrogen-bond donors (Lipinski definition) is 1. The summed E-state index contributed by atoms with van der Waals surface area (Å²) in [5, 5.41) is 5.68. The smallest absolute Gasteiger partial charge is 0.280 e. The highest BCUT2D eigenvalue weighted by molar-refractivity contribution is 7.92. The molecule has 1 aliphatic carbocycles. The van der Waals surface area contributed by atoms with Gasteiger partial charge in [0.2, 0.25) is 0 Å². The number of hydrogen-bond acceptors (Lipinski definition) is 8. The second-order valence-corrected chi connectivity index (χ2v) is 10.3. The number of amides is 1. The quantitative estimate of drug-likeness (QED) is 0.510. The van der Waals surface area contributed by atoms with E-state index in [0.29, 0.717) is 49.4 Å². The molecule has 2 aliphatic rings. The number of sulfone groups is 1. The Hall–Kier alpha value is -2.37. The normalized spacial score (nSPS) is 20.0. The van der Waals surface area contributed by atoms with Crippen LogP contribution in [0.3, 0.4) is 0 Å². The Bertz CT molecular complexity index is 1040. The molecule has 2 aromatic rings. The highest BCUT2D eigenvalue weighted by Gasteiger charge is 2.32. The largest absolute Gasteiger partial charge is 0.389 e. The number of carbonyl (C=O) groups excluding carboxylic acids is 1. The lowest BCUT2D eigenvalue weighted by Crippen LogP contribution is -2.28. The molecule has 1 saturated carbocycles. The first kappa shape index (κ1) is 20.9. The van der Waals surface area contributed by atoms with Crippen molar-refractivity contribution in [2.75, 3.05) is 18.5 Å². The minimum absolute atomic E-state index is 0.0647. The Labute approximate surface area is 177 Å². The van der Waals surface area contributed by atoms with Crippen molar-refractivity contribution in [2.45, 2.75) is 41.9 Å². The van der Waals surface area contributed by atoms with Gasteiger partial charge in [-0.1, -0.05) is 35.0 Å². The van der Waals surface area contributed by atoms with E-state index in [1.165, 1.54) is 24.3 Å². The number of rotatable bonds is 7. The molecule has 1 saturated heterocycles. The van der Waals surface area contributed by atoms with Crippen LogP contribution in [0.2, 0.25) is 0 Å². The molecule has 30 heavy (non-hydrogen) atoms. The van der Waals surface area contributed by atoms with Crippen molar-refractivity contribution in [2.24, 2.45) is 5.16 Å². The molecule has 0 radical (unpaired) electrons. The summed E-state index contributed by atoms with van der Waals surface area (Å²) in [6.07, 6.45) is 3.63. The third-order valence-electron chi connectivity index (χ3n) is 5.04. The van der Waals surface area contributed by atoms with Crippen LogP contribution < -0.4 is 5.32 Å². The van der Waals surface area contributed by atoms with Crippen LogP contribution in [0.1, 0.15) is 31.2 Å². The lowest BCUT2D eigenvalue weighted by Gasteiger charge is -2.25. The second-order valence-electron chi connectivity index (χ2n) is 7.08. The number of anilines is 1. The summed E-state index contributed by atoms with van der Waals surface area (Å²) < 4.78 is 43.6. The Morgan fingerprint density at radius 2 is 2.03 bits per heavy atom. The van der Waals surface area contributed by atoms with Gasteiger partial charge in [0.25, 0.3) is 5.91 Å². The zero-order chi connectivity index (χ0) is 21.1. The SMILES string of the molecule is O=C(Nc1ncc(F)s1)C(=NO[C@@H]1CCOC1)c1ccc(S(=O)(=O)C2CCC2)cc1. The Balaban J connectivity index is 1.57. The van der Waals surface area contributed by atoms with E-state index >= 15 is 0 Å². The molecule has 1 N–H and O–H groups in total. The van der Waals surface area contributed by atoms with Gasteiger partial charge in [-0.05, 0) is 25.0 Å². The van der Waals surface area contributed by atoms with Crippen molar-refractivity contribution < 1.29 is 27.2 Å². The van der Waals surface area contributed by atoms with E-state index in [4.69, 9.17) is 9.57 Å². The number of halogens is 1. The fourth-order valence-electron chi connectivity index (χ4n) is 3.09. The van der Waals surface area contributed by atoms with Crippen molar-refractivity contribution in [3.05, 3.63) is 41.2 Å². The van der Waals surface area contributed by atoms with Crippen LogP contribution in [-0.4, -0.2) is 49.6 Å². The maximum atomic E-state index is 13.2. The van der Waals surface area contributed by atoms with E-state index in [0.717, 1.165) is 12.6 Å². The average molecular weight is 454 g/mol. The van der Waals surface area contributed by atoms with Gasteiger partial charge in [-0.3, -0.25) is 10.1 Å². The molecule has 0 bridgehead atoms. The van der Waals surface area contributed by atoms with E-state index < -0.39 is 20.9 Å². The van der Waals surface area contributed by atoms with E-state index in [-0.39, 0.29) is 27.1 Å². The topological polar surface area (TPSA) is 107 Å². The summed E-state index contributed by atoms with van der Waals surface area (Å²) in [4.78, 5) is 22.2. The fraction of sp³-hybridized carbons (Fsp3) is 0.421. The van der Waals surface area contributed by atoms with Gasteiger partial charge in [0.15, 0.2) is 31.9 Å². The van der Waals surface area contributed by atoms with Gasteiger partial charge in [-0.25, -0.2) is 13.4 Å². The lowest BCUT2D eigenvalue weighted by atomic mass is 10.00. The lowest BCUT2D eigenvalue weighted by molar-refractivity contribution is -0.110. The Kier molecular flexibility index (Phi) is 6.11. The predicted molar refractivity (Wildman–Crippen MR) is 109 cm³/mol. The number of carbonyl (C=O) groups is 1. The minimum atomic E-state index is -3.37. The van der Waals surface area contributed by atoms with Crippen molar-refractivity contribution in [3.63, 3.8) is 0 Å². The summed E-state index contributed by atoms with van der Waals surface area (Å²) >= 11 is 0.685. The Morgan fingerprint density at radius 3 is 2.60 bits per heavy atom. The van der Waals surface area contributed by atoms with Crippen LogP contribution in [-0.2, 0) is 24.2 Å². The highest BCUT2D eigenvalue weighted by Crippen LogP contribution is 2.31. The number of oxime groups is 1. The number of ether oxygens (including phenoxy) is 1. The first-order chi connectivity index (χ1) is 14.4. The first-order valence-electron chi connectivity index (χ1n) is 9.52. The summed E-state index contributed by atoms with van der Waals surface area (Å²) in [6.45, 7) is 0.919. The van der Waals surface area contributed by atoms with Gasteiger partial charge < -0.3 is 9.57 Å². The average Bonchev–Trinajstić information content (AvgIpc) is 3.32. The molecule has 1 amide bonds. The molecule has 8 nitrogen and oxygen atoms in total. The standard InChI is InChI=1S/C19H20FN3O5S2/c20-16-10-21-19(29-16)22-18(24)17(23-28-13-8-9-27-11-13)12-4-6-15(7-5-12)30(25,26)14-2-1-3-14/h4-7,10,13-14H,1-3,8-9,11H2,(H,21,22,24)/t13-/m1/s1. The molecule has 160 valence electrons. The summed E-state index contributed by atoms with van der Waals surface area (Å²) in [5.41, 5.74) is 0.307. The minimum Gasteiger partial charge on any atom is -0.389 e. The van der Waals surface area contributed by atoms with Crippen LogP contribution in [0.4, 0.5) is 9.52 Å². The van der Waals surface area contributed by atoms with Crippen LogP contribution in [0.5, 0.6) is 0 Å². The number of aromatic nitrogens is 1. The zero-order valence-corrected chi connectivity index (χ0v) is 17.5. The van der Waals surface area contributed by atoms with Crippen LogP contribution in [0, 0.1) is 5.13 Å². The first-order valence-corrected chi connectivity index (χ1v) is 11.9. The molecule has 11 heteroatoms. The van der Waals surface area contributed by atoms with Gasteiger partial charge in [0.1, 0.15) is 0 Å². The van der Waals surface area contributed by atoms with Crippen LogP contribution in [0.15, 0.2) is 40.5 Å². The van der Waals surface area contributed by atoms with Gasteiger partial charge >= 0.3 is 0 Å². The zero-order valence-electron chi connectivity index (χ0n) is 15.9. The number of thiazole rings is 1. The molecule has 2 fully saturated rings. The molecule has 1 aromatic carbocycles. The molecular weight excluding hydrogens is 433 g/mol. The van der Waals surface area contributed by atoms with Gasteiger partial charge in [0.05, 0.1) is 29.6 Å². The molecule has 1 aliphatic heterocycles. The molecule has 1 atom stereocenters. The van der Waals surface area contributed by atoms with E-state index in [2.05, 4.69) is 15.5 Å². The monoisotopic (exact) mass is 453 g/mol. The van der Waals surface area contributed by atoms with Crippen LogP contribution in [0.25, 0.3) is 0 Å². The maximum Gasteiger partial charge on any atom is 0.280 e. The number of benzene rings is 1. The maximum absolute atomic E-state index is 13.2. The number of nitrogens with zero attached hydrogens (tertiary/aromatic N) is 2. The van der Waals surface area contributed by atoms with Crippen molar-refractivity contribution in [3.8, 4) is 0 Å². The van der Waals surface area contributed by atoms with E-state index in [1.807, 2.05) is 0 Å². The Morgan fingerprint density at radius 1 is 1.27 bits per heavy atom. The molecule has 4 rings (SSSR count). The third kappa shape index (κ3) is 4.52. The second kappa shape index (κ2) is 8.78. The van der Waals surface area contributed by atoms with E-state index in [1.54, 1.807) is 0 Å². The van der Waals surface area contributed by atoms with Crippen molar-refractivity contribution >= 4 is 37.9 Å². The van der Waals surface area contributed by atoms with Crippen molar-refractivity contribution in [1.29, 1.82) is 0 Å².